The van der Waals surface area contributed by atoms with E-state index in [1.54, 1.807) is 18.2 Å². The van der Waals surface area contributed by atoms with Crippen molar-refractivity contribution in [3.8, 4) is 0 Å². The van der Waals surface area contributed by atoms with E-state index in [1.165, 1.54) is 36.4 Å². The number of aliphatic hydroxyl groups excluding tert-OH is 1. The third-order valence-corrected chi connectivity index (χ3v) is 9.83. The Morgan fingerprint density at radius 2 is 1.66 bits per heavy atom. The lowest BCUT2D eigenvalue weighted by atomic mass is 9.69. The Morgan fingerprint density at radius 3 is 2.32 bits per heavy atom. The van der Waals surface area contributed by atoms with Gasteiger partial charge in [-0.25, -0.2) is 8.42 Å². The molecule has 250 valence electrons. The molecule has 3 aromatic rings. The summed E-state index contributed by atoms with van der Waals surface area (Å²) in [5.74, 6) is -1.84. The second kappa shape index (κ2) is 11.8. The zero-order chi connectivity index (χ0) is 34.6. The second-order valence-corrected chi connectivity index (χ2v) is 16.0. The molecule has 1 aliphatic carbocycles. The summed E-state index contributed by atoms with van der Waals surface area (Å²) in [5.41, 5.74) is -3.08. The number of alkyl halides is 3. The lowest BCUT2D eigenvalue weighted by Crippen LogP contribution is -2.54. The fourth-order valence-corrected chi connectivity index (χ4v) is 7.38. The van der Waals surface area contributed by atoms with Crippen LogP contribution >= 0.6 is 0 Å². The van der Waals surface area contributed by atoms with Gasteiger partial charge in [-0.05, 0) is 53.6 Å². The summed E-state index contributed by atoms with van der Waals surface area (Å²) in [5, 5.41) is 17.4. The number of anilines is 2. The molecule has 0 aromatic heterocycles. The number of nitrogens with one attached hydrogen (secondary N) is 3. The van der Waals surface area contributed by atoms with Crippen LogP contribution in [0.2, 0.25) is 0 Å². The van der Waals surface area contributed by atoms with Crippen LogP contribution in [0.15, 0.2) is 81.6 Å². The molecule has 0 bridgehead atoms. The number of amidine groups is 1. The zero-order valence-corrected chi connectivity index (χ0v) is 27.5. The van der Waals surface area contributed by atoms with Gasteiger partial charge in [-0.1, -0.05) is 63.2 Å². The number of sulfonamides is 2. The highest BCUT2D eigenvalue weighted by molar-refractivity contribution is 7.92. The molecule has 2 aliphatic rings. The SMILES string of the molecule is CC(C)(C)CCC1(NCc2ccccc2C(F)(F)F)C(=O)C(C2=NS(=O)(=O)c3cc(NS(C)(=O)=O)ccc3N2)=C(O)c2ccccc21. The highest BCUT2D eigenvalue weighted by Gasteiger charge is 2.50. The van der Waals surface area contributed by atoms with Gasteiger partial charge in [0.25, 0.3) is 10.0 Å². The number of Topliss-reactive ketones (excluding diaryl/α,β-unsaturated/α-hetero) is 1. The molecule has 1 heterocycles. The maximum Gasteiger partial charge on any atom is 0.416 e. The van der Waals surface area contributed by atoms with Gasteiger partial charge in [-0.2, -0.15) is 21.6 Å². The van der Waals surface area contributed by atoms with Crippen molar-refractivity contribution in [2.45, 2.75) is 56.8 Å². The molecule has 0 amide bonds. The Hall–Kier alpha value is -4.21. The number of carbonyl (C=O) groups excluding carboxylic acids is 1. The van der Waals surface area contributed by atoms with Crippen molar-refractivity contribution >= 4 is 48.8 Å². The standard InChI is InChI=1S/C32H33F3N4O6S2/c1-30(2,3)15-16-31(36-18-19-9-5-7-11-22(19)32(33,34)35)23-12-8-6-10-21(23)27(40)26(28(31)41)29-37-24-14-13-20(38-46(4,42)43)17-25(24)47(44,45)39-29/h5-14,17,36,38,40H,15-16,18H2,1-4H3,(H,37,39). The van der Waals surface area contributed by atoms with Gasteiger partial charge in [-0.3, -0.25) is 14.8 Å². The number of hydrogen-bond acceptors (Lipinski definition) is 8. The minimum atomic E-state index is -4.66. The van der Waals surface area contributed by atoms with E-state index in [4.69, 9.17) is 0 Å². The molecule has 4 N–H and O–H groups in total. The third-order valence-electron chi connectivity index (χ3n) is 7.91. The van der Waals surface area contributed by atoms with Crippen LogP contribution in [0.3, 0.4) is 0 Å². The van der Waals surface area contributed by atoms with Crippen molar-refractivity contribution < 1.29 is 39.9 Å². The van der Waals surface area contributed by atoms with Gasteiger partial charge in [0.1, 0.15) is 21.8 Å². The summed E-state index contributed by atoms with van der Waals surface area (Å²) < 4.78 is 98.1. The molecule has 1 aliphatic heterocycles. The molecule has 3 aromatic carbocycles. The smallest absolute Gasteiger partial charge is 0.416 e. The number of aliphatic hydroxyl groups is 1. The predicted octanol–water partition coefficient (Wildman–Crippen LogP) is 5.95. The number of benzene rings is 3. The summed E-state index contributed by atoms with van der Waals surface area (Å²) in [6.45, 7) is 5.44. The Labute approximate surface area is 270 Å². The number of nitrogens with zero attached hydrogens (tertiary/aromatic N) is 1. The van der Waals surface area contributed by atoms with Gasteiger partial charge in [-0.15, -0.1) is 4.40 Å². The molecular weight excluding hydrogens is 658 g/mol. The molecule has 0 fully saturated rings. The predicted molar refractivity (Wildman–Crippen MR) is 173 cm³/mol. The van der Waals surface area contributed by atoms with E-state index >= 15 is 0 Å². The average Bonchev–Trinajstić information content (AvgIpc) is 2.95. The Balaban J connectivity index is 1.65. The van der Waals surface area contributed by atoms with Gasteiger partial charge in [0.2, 0.25) is 10.0 Å². The fourth-order valence-electron chi connectivity index (χ4n) is 5.68. The number of rotatable bonds is 8. The van der Waals surface area contributed by atoms with E-state index in [9.17, 15) is 39.9 Å². The van der Waals surface area contributed by atoms with Gasteiger partial charge in [0, 0.05) is 17.8 Å². The molecule has 0 radical (unpaired) electrons. The molecule has 0 saturated heterocycles. The van der Waals surface area contributed by atoms with E-state index in [-0.39, 0.29) is 45.8 Å². The van der Waals surface area contributed by atoms with Gasteiger partial charge < -0.3 is 10.4 Å². The minimum absolute atomic E-state index is 0.0339. The molecule has 10 nitrogen and oxygen atoms in total. The van der Waals surface area contributed by atoms with Crippen LogP contribution in [-0.2, 0) is 43.1 Å². The Kier molecular flexibility index (Phi) is 8.56. The summed E-state index contributed by atoms with van der Waals surface area (Å²) in [6, 6.07) is 15.0. The first-order valence-corrected chi connectivity index (χ1v) is 17.8. The van der Waals surface area contributed by atoms with Crippen LogP contribution in [0.1, 0.15) is 55.9 Å². The van der Waals surface area contributed by atoms with Crippen LogP contribution in [0, 0.1) is 5.41 Å². The minimum Gasteiger partial charge on any atom is -0.506 e. The molecule has 0 spiro atoms. The molecule has 1 unspecified atom stereocenters. The quantitative estimate of drug-likeness (QED) is 0.226. The topological polar surface area (TPSA) is 154 Å². The Bertz CT molecular complexity index is 2050. The zero-order valence-electron chi connectivity index (χ0n) is 25.9. The maximum atomic E-state index is 14.8. The summed E-state index contributed by atoms with van der Waals surface area (Å²) in [4.78, 5) is 14.4. The van der Waals surface area contributed by atoms with Crippen molar-refractivity contribution in [1.29, 1.82) is 0 Å². The molecule has 0 saturated carbocycles. The molecule has 47 heavy (non-hydrogen) atoms. The van der Waals surface area contributed by atoms with Crippen LogP contribution in [0.25, 0.3) is 5.76 Å². The van der Waals surface area contributed by atoms with Crippen molar-refractivity contribution in [1.82, 2.24) is 5.32 Å². The number of fused-ring (bicyclic) bond motifs is 2. The fraction of sp³-hybridized carbons (Fsp3) is 0.312. The van der Waals surface area contributed by atoms with Crippen LogP contribution < -0.4 is 15.4 Å². The summed E-state index contributed by atoms with van der Waals surface area (Å²) in [7, 11) is -8.28. The summed E-state index contributed by atoms with van der Waals surface area (Å²) in [6.07, 6.45) is -3.27. The number of halogens is 3. The molecule has 15 heteroatoms. The van der Waals surface area contributed by atoms with Crippen LogP contribution in [0.5, 0.6) is 0 Å². The van der Waals surface area contributed by atoms with E-state index in [0.29, 0.717) is 12.0 Å². The van der Waals surface area contributed by atoms with Crippen molar-refractivity contribution in [2.75, 3.05) is 16.3 Å². The number of hydrogen-bond donors (Lipinski definition) is 4. The maximum absolute atomic E-state index is 14.8. The van der Waals surface area contributed by atoms with Gasteiger partial charge >= 0.3 is 6.18 Å². The second-order valence-electron chi connectivity index (χ2n) is 12.7. The highest BCUT2D eigenvalue weighted by atomic mass is 32.2. The van der Waals surface area contributed by atoms with E-state index in [2.05, 4.69) is 19.8 Å². The molecule has 5 rings (SSSR count). The number of ketones is 1. The highest BCUT2D eigenvalue weighted by Crippen LogP contribution is 2.45. The lowest BCUT2D eigenvalue weighted by Gasteiger charge is -2.41. The van der Waals surface area contributed by atoms with Crippen LogP contribution in [-0.4, -0.2) is 39.8 Å². The summed E-state index contributed by atoms with van der Waals surface area (Å²) >= 11 is 0. The first kappa shape index (κ1) is 34.1. The monoisotopic (exact) mass is 690 g/mol. The average molecular weight is 691 g/mol. The molecule has 1 atom stereocenters. The van der Waals surface area contributed by atoms with Crippen LogP contribution in [0.4, 0.5) is 24.5 Å². The third kappa shape index (κ3) is 6.92. The van der Waals surface area contributed by atoms with Gasteiger partial charge in [0.15, 0.2) is 11.6 Å². The molecular formula is C32H33F3N4O6S2. The lowest BCUT2D eigenvalue weighted by molar-refractivity contribution is -0.138. The first-order chi connectivity index (χ1) is 21.7. The Morgan fingerprint density at radius 1 is 1.00 bits per heavy atom. The largest absolute Gasteiger partial charge is 0.506 e. The van der Waals surface area contributed by atoms with E-state index in [1.807, 2.05) is 20.8 Å². The van der Waals surface area contributed by atoms with Crippen molar-refractivity contribution in [3.63, 3.8) is 0 Å². The van der Waals surface area contributed by atoms with E-state index in [0.717, 1.165) is 18.4 Å². The van der Waals surface area contributed by atoms with Crippen molar-refractivity contribution in [3.05, 3.63) is 94.6 Å². The van der Waals surface area contributed by atoms with E-state index < -0.39 is 60.3 Å². The van der Waals surface area contributed by atoms with Gasteiger partial charge in [0.05, 0.1) is 17.5 Å². The number of carbonyl (C=O) groups is 1. The first-order valence-electron chi connectivity index (χ1n) is 14.4. The van der Waals surface area contributed by atoms with Crippen molar-refractivity contribution in [2.24, 2.45) is 9.81 Å². The normalized spacial score (nSPS) is 19.4.